The molecule has 6 heteroatoms. The fourth-order valence-electron chi connectivity index (χ4n) is 4.22. The topological polar surface area (TPSA) is 78.9 Å². The van der Waals surface area contributed by atoms with Gasteiger partial charge in [-0.1, -0.05) is 0 Å². The number of esters is 3. The molecule has 3 rings (SSSR count). The second-order valence-electron chi connectivity index (χ2n) is 9.03. The molecule has 0 N–H and O–H groups in total. The van der Waals surface area contributed by atoms with Crippen LogP contribution in [0.3, 0.4) is 0 Å². The highest BCUT2D eigenvalue weighted by Crippen LogP contribution is 2.61. The predicted octanol–water partition coefficient (Wildman–Crippen LogP) is 2.24. The fourth-order valence-corrected chi connectivity index (χ4v) is 4.22. The van der Waals surface area contributed by atoms with Gasteiger partial charge >= 0.3 is 17.9 Å². The molecule has 0 radical (unpaired) electrons. The molecule has 6 nitrogen and oxygen atoms in total. The second-order valence-corrected chi connectivity index (χ2v) is 9.03. The van der Waals surface area contributed by atoms with E-state index in [0.29, 0.717) is 6.42 Å². The van der Waals surface area contributed by atoms with Crippen LogP contribution >= 0.6 is 0 Å². The Morgan fingerprint density at radius 2 is 1.75 bits per heavy atom. The first-order valence-electron chi connectivity index (χ1n) is 8.53. The molecule has 24 heavy (non-hydrogen) atoms. The molecule has 1 saturated heterocycles. The molecule has 134 valence electrons. The van der Waals surface area contributed by atoms with E-state index >= 15 is 0 Å². The van der Waals surface area contributed by atoms with Crippen molar-refractivity contribution in [3.05, 3.63) is 0 Å². The number of ether oxygens (including phenoxy) is 3. The van der Waals surface area contributed by atoms with E-state index in [2.05, 4.69) is 0 Å². The van der Waals surface area contributed by atoms with Gasteiger partial charge in [0.2, 0.25) is 5.60 Å². The van der Waals surface area contributed by atoms with E-state index in [4.69, 9.17) is 14.2 Å². The van der Waals surface area contributed by atoms with Gasteiger partial charge in [-0.25, -0.2) is 4.79 Å². The van der Waals surface area contributed by atoms with Crippen LogP contribution in [-0.2, 0) is 28.6 Å². The maximum Gasteiger partial charge on any atom is 0.350 e. The number of hydrogen-bond donors (Lipinski definition) is 0. The molecule has 1 heterocycles. The van der Waals surface area contributed by atoms with Gasteiger partial charge in [0, 0.05) is 11.8 Å². The first-order chi connectivity index (χ1) is 10.9. The van der Waals surface area contributed by atoms with Crippen molar-refractivity contribution in [2.24, 2.45) is 23.2 Å². The molecule has 0 spiro atoms. The van der Waals surface area contributed by atoms with Crippen LogP contribution in [0, 0.1) is 23.2 Å². The van der Waals surface area contributed by atoms with E-state index in [-0.39, 0.29) is 23.7 Å². The van der Waals surface area contributed by atoms with E-state index in [1.54, 1.807) is 20.8 Å². The van der Waals surface area contributed by atoms with Crippen molar-refractivity contribution in [1.82, 2.24) is 0 Å². The Hall–Kier alpha value is -1.59. The molecule has 5 unspecified atom stereocenters. The molecule has 2 bridgehead atoms. The zero-order valence-electron chi connectivity index (χ0n) is 15.2. The number of fused-ring (bicyclic) bond motifs is 1. The third-order valence-electron chi connectivity index (χ3n) is 5.64. The maximum atomic E-state index is 12.6. The van der Waals surface area contributed by atoms with Crippen molar-refractivity contribution in [2.45, 2.75) is 71.7 Å². The van der Waals surface area contributed by atoms with Gasteiger partial charge in [-0.05, 0) is 54.4 Å². The molecule has 0 aromatic heterocycles. The van der Waals surface area contributed by atoms with E-state index < -0.39 is 34.7 Å². The van der Waals surface area contributed by atoms with Crippen LogP contribution in [0.4, 0.5) is 0 Å². The van der Waals surface area contributed by atoms with Crippen LogP contribution in [0.5, 0.6) is 0 Å². The predicted molar refractivity (Wildman–Crippen MR) is 83.7 cm³/mol. The van der Waals surface area contributed by atoms with Crippen LogP contribution in [-0.4, -0.2) is 35.2 Å². The Kier molecular flexibility index (Phi) is 3.56. The minimum absolute atomic E-state index is 0.0540. The molecule has 0 aromatic rings. The molecule has 0 amide bonds. The van der Waals surface area contributed by atoms with Gasteiger partial charge in [-0.15, -0.1) is 0 Å². The molecule has 3 aliphatic rings. The lowest BCUT2D eigenvalue weighted by atomic mass is 9.79. The molecule has 2 saturated carbocycles. The van der Waals surface area contributed by atoms with E-state index in [1.165, 1.54) is 13.8 Å². The number of rotatable bonds is 3. The van der Waals surface area contributed by atoms with Gasteiger partial charge in [-0.2, -0.15) is 0 Å². The number of hydrogen-bond acceptors (Lipinski definition) is 6. The summed E-state index contributed by atoms with van der Waals surface area (Å²) in [5.74, 6) is -1.04. The number of carbonyl (C=O) groups excluding carboxylic acids is 3. The molecule has 0 aromatic carbocycles. The van der Waals surface area contributed by atoms with E-state index in [1.807, 2.05) is 6.92 Å². The van der Waals surface area contributed by atoms with Gasteiger partial charge in [0.1, 0.15) is 11.7 Å². The second kappa shape index (κ2) is 4.96. The minimum Gasteiger partial charge on any atom is -0.455 e. The highest BCUT2D eigenvalue weighted by molar-refractivity contribution is 5.85. The Bertz CT molecular complexity index is 601. The molecule has 3 fully saturated rings. The van der Waals surface area contributed by atoms with Crippen molar-refractivity contribution in [3.63, 3.8) is 0 Å². The summed E-state index contributed by atoms with van der Waals surface area (Å²) in [6, 6.07) is 0. The third kappa shape index (κ3) is 2.42. The van der Waals surface area contributed by atoms with Crippen molar-refractivity contribution in [1.29, 1.82) is 0 Å². The summed E-state index contributed by atoms with van der Waals surface area (Å²) >= 11 is 0. The molecule has 2 aliphatic carbocycles. The first-order valence-corrected chi connectivity index (χ1v) is 8.53. The third-order valence-corrected chi connectivity index (χ3v) is 5.64. The smallest absolute Gasteiger partial charge is 0.350 e. The largest absolute Gasteiger partial charge is 0.455 e. The van der Waals surface area contributed by atoms with Crippen LogP contribution in [0.2, 0.25) is 0 Å². The van der Waals surface area contributed by atoms with Crippen LogP contribution < -0.4 is 0 Å². The first kappa shape index (κ1) is 17.2. The molecular weight excluding hydrogens is 312 g/mol. The summed E-state index contributed by atoms with van der Waals surface area (Å²) in [6.07, 6.45) is 1.08. The maximum absolute atomic E-state index is 12.6. The van der Waals surface area contributed by atoms with Gasteiger partial charge in [0.25, 0.3) is 0 Å². The van der Waals surface area contributed by atoms with Crippen molar-refractivity contribution < 1.29 is 28.6 Å². The Labute approximate surface area is 142 Å². The molecule has 1 aliphatic heterocycles. The Morgan fingerprint density at radius 3 is 2.33 bits per heavy atom. The number of carbonyl (C=O) groups is 3. The van der Waals surface area contributed by atoms with Crippen molar-refractivity contribution in [2.75, 3.05) is 0 Å². The normalized spacial score (nSPS) is 37.3. The van der Waals surface area contributed by atoms with Gasteiger partial charge < -0.3 is 14.2 Å². The zero-order chi connectivity index (χ0) is 18.1. The fraction of sp³-hybridized carbons (Fsp3) is 0.833. The monoisotopic (exact) mass is 338 g/mol. The molecular formula is C18H26O6. The zero-order valence-corrected chi connectivity index (χ0v) is 15.2. The lowest BCUT2D eigenvalue weighted by Crippen LogP contribution is -2.50. The average Bonchev–Trinajstić information content (AvgIpc) is 3.00. The SMILES string of the molecule is CC(C)(C)C(=O)OC(C)(C)C(=O)OC1C2CC3C(=O)OC1(C)C3C2. The quantitative estimate of drug-likeness (QED) is 0.580. The summed E-state index contributed by atoms with van der Waals surface area (Å²) in [6.45, 7) is 10.1. The summed E-state index contributed by atoms with van der Waals surface area (Å²) in [5, 5.41) is 0. The minimum atomic E-state index is -1.38. The summed E-state index contributed by atoms with van der Waals surface area (Å²) in [5.41, 5.74) is -2.83. The van der Waals surface area contributed by atoms with Gasteiger partial charge in [0.15, 0.2) is 0 Å². The van der Waals surface area contributed by atoms with E-state index in [0.717, 1.165) is 6.42 Å². The van der Waals surface area contributed by atoms with Gasteiger partial charge in [-0.3, -0.25) is 9.59 Å². The highest BCUT2D eigenvalue weighted by atomic mass is 16.6. The highest BCUT2D eigenvalue weighted by Gasteiger charge is 2.70. The van der Waals surface area contributed by atoms with Crippen LogP contribution in [0.1, 0.15) is 54.4 Å². The average molecular weight is 338 g/mol. The van der Waals surface area contributed by atoms with Crippen molar-refractivity contribution >= 4 is 17.9 Å². The summed E-state index contributed by atoms with van der Waals surface area (Å²) < 4.78 is 16.6. The van der Waals surface area contributed by atoms with Crippen LogP contribution in [0.15, 0.2) is 0 Å². The van der Waals surface area contributed by atoms with Gasteiger partial charge in [0.05, 0.1) is 11.3 Å². The summed E-state index contributed by atoms with van der Waals surface area (Å²) in [7, 11) is 0. The Balaban J connectivity index is 1.71. The standard InChI is InChI=1S/C18H26O6/c1-16(2,3)14(20)24-17(4,5)15(21)22-12-9-7-10-11(8-9)18(12,6)23-13(10)19/h9-12H,7-8H2,1-6H3. The lowest BCUT2D eigenvalue weighted by Gasteiger charge is -2.36. The van der Waals surface area contributed by atoms with E-state index in [9.17, 15) is 14.4 Å². The van der Waals surface area contributed by atoms with Crippen LogP contribution in [0.25, 0.3) is 0 Å². The summed E-state index contributed by atoms with van der Waals surface area (Å²) in [4.78, 5) is 36.7. The molecule has 5 atom stereocenters. The Morgan fingerprint density at radius 1 is 1.12 bits per heavy atom. The van der Waals surface area contributed by atoms with Crippen molar-refractivity contribution in [3.8, 4) is 0 Å². The lowest BCUT2D eigenvalue weighted by molar-refractivity contribution is -0.197.